The summed E-state index contributed by atoms with van der Waals surface area (Å²) in [7, 11) is 0. The van der Waals surface area contributed by atoms with Gasteiger partial charge in [-0.25, -0.2) is 4.39 Å². The van der Waals surface area contributed by atoms with Crippen LogP contribution in [0.2, 0.25) is 0 Å². The summed E-state index contributed by atoms with van der Waals surface area (Å²) in [5, 5.41) is 5.25. The standard InChI is InChI=1S/C17H14BrFN2O3/c1-9-3-2-4-11-15(21-14(22)8-24-16(9)11)17(23)20-10-5-6-12(18)13(19)7-10/h2-7,15H,8H2,1H3,(H,20,23)(H,21,22). The molecule has 1 unspecified atom stereocenters. The molecule has 2 aromatic carbocycles. The van der Waals surface area contributed by atoms with Crippen LogP contribution in [0.1, 0.15) is 17.2 Å². The molecule has 24 heavy (non-hydrogen) atoms. The fourth-order valence-electron chi connectivity index (χ4n) is 2.51. The maximum Gasteiger partial charge on any atom is 0.258 e. The fraction of sp³-hybridized carbons (Fsp3) is 0.176. The summed E-state index contributed by atoms with van der Waals surface area (Å²) in [6.07, 6.45) is 0. The Hall–Kier alpha value is -2.41. The number of anilines is 1. The van der Waals surface area contributed by atoms with Gasteiger partial charge in [0.25, 0.3) is 11.8 Å². The van der Waals surface area contributed by atoms with Crippen molar-refractivity contribution in [1.29, 1.82) is 0 Å². The molecule has 0 saturated carbocycles. The zero-order valence-corrected chi connectivity index (χ0v) is 14.3. The third-order valence-corrected chi connectivity index (χ3v) is 4.30. The van der Waals surface area contributed by atoms with Gasteiger partial charge in [-0.05, 0) is 46.6 Å². The molecule has 2 N–H and O–H groups in total. The molecule has 2 amide bonds. The van der Waals surface area contributed by atoms with E-state index in [1.165, 1.54) is 12.1 Å². The minimum atomic E-state index is -0.915. The third kappa shape index (κ3) is 3.26. The van der Waals surface area contributed by atoms with Gasteiger partial charge in [0.1, 0.15) is 17.6 Å². The van der Waals surface area contributed by atoms with Gasteiger partial charge < -0.3 is 15.4 Å². The number of ether oxygens (including phenoxy) is 1. The van der Waals surface area contributed by atoms with Crippen molar-refractivity contribution < 1.29 is 18.7 Å². The Kier molecular flexibility index (Phi) is 4.53. The number of rotatable bonds is 2. The number of para-hydroxylation sites is 1. The first-order chi connectivity index (χ1) is 11.5. The van der Waals surface area contributed by atoms with E-state index in [2.05, 4.69) is 26.6 Å². The van der Waals surface area contributed by atoms with Crippen LogP contribution < -0.4 is 15.4 Å². The van der Waals surface area contributed by atoms with E-state index >= 15 is 0 Å². The molecule has 124 valence electrons. The second kappa shape index (κ2) is 6.60. The van der Waals surface area contributed by atoms with Crippen LogP contribution >= 0.6 is 15.9 Å². The Morgan fingerprint density at radius 3 is 2.92 bits per heavy atom. The van der Waals surface area contributed by atoms with E-state index in [0.717, 1.165) is 5.56 Å². The van der Waals surface area contributed by atoms with Crippen LogP contribution in [0.25, 0.3) is 0 Å². The van der Waals surface area contributed by atoms with Crippen LogP contribution in [0, 0.1) is 12.7 Å². The lowest BCUT2D eigenvalue weighted by atomic mass is 10.0. The van der Waals surface area contributed by atoms with Crippen LogP contribution in [0.15, 0.2) is 40.9 Å². The van der Waals surface area contributed by atoms with Gasteiger partial charge in [0.15, 0.2) is 6.61 Å². The largest absolute Gasteiger partial charge is 0.483 e. The number of nitrogens with one attached hydrogen (secondary N) is 2. The topological polar surface area (TPSA) is 67.4 Å². The first-order valence-electron chi connectivity index (χ1n) is 7.23. The molecule has 0 radical (unpaired) electrons. The molecular weight excluding hydrogens is 379 g/mol. The normalized spacial score (nSPS) is 16.5. The summed E-state index contributed by atoms with van der Waals surface area (Å²) < 4.78 is 19.4. The molecule has 0 bridgehead atoms. The molecule has 5 nitrogen and oxygen atoms in total. The quantitative estimate of drug-likeness (QED) is 0.824. The van der Waals surface area contributed by atoms with Crippen molar-refractivity contribution in [3.8, 4) is 5.75 Å². The Morgan fingerprint density at radius 2 is 2.17 bits per heavy atom. The molecule has 1 aliphatic rings. The number of carbonyl (C=O) groups is 2. The van der Waals surface area contributed by atoms with Gasteiger partial charge in [-0.15, -0.1) is 0 Å². The molecule has 1 aliphatic heterocycles. The molecule has 7 heteroatoms. The molecule has 0 saturated heterocycles. The summed E-state index contributed by atoms with van der Waals surface area (Å²) in [6, 6.07) is 8.70. The van der Waals surface area contributed by atoms with Gasteiger partial charge in [0.05, 0.1) is 4.47 Å². The van der Waals surface area contributed by atoms with Crippen molar-refractivity contribution in [1.82, 2.24) is 5.32 Å². The van der Waals surface area contributed by atoms with Gasteiger partial charge in [-0.3, -0.25) is 9.59 Å². The maximum atomic E-state index is 13.6. The van der Waals surface area contributed by atoms with Gasteiger partial charge in [-0.1, -0.05) is 18.2 Å². The van der Waals surface area contributed by atoms with Gasteiger partial charge in [0.2, 0.25) is 0 Å². The molecular formula is C17H14BrFN2O3. The second-order valence-corrected chi connectivity index (χ2v) is 6.25. The monoisotopic (exact) mass is 392 g/mol. The van der Waals surface area contributed by atoms with E-state index in [1.807, 2.05) is 13.0 Å². The second-order valence-electron chi connectivity index (χ2n) is 5.40. The first-order valence-corrected chi connectivity index (χ1v) is 8.02. The van der Waals surface area contributed by atoms with Crippen LogP contribution in [0.5, 0.6) is 5.75 Å². The van der Waals surface area contributed by atoms with E-state index in [4.69, 9.17) is 4.74 Å². The number of benzene rings is 2. The number of amides is 2. The summed E-state index contributed by atoms with van der Waals surface area (Å²) in [6.45, 7) is 1.68. The van der Waals surface area contributed by atoms with E-state index in [-0.39, 0.29) is 6.61 Å². The Balaban J connectivity index is 1.92. The Bertz CT molecular complexity index is 825. The number of halogens is 2. The zero-order valence-electron chi connectivity index (χ0n) is 12.7. The van der Waals surface area contributed by atoms with Crippen molar-refractivity contribution in [3.05, 3.63) is 57.8 Å². The maximum absolute atomic E-state index is 13.6. The van der Waals surface area contributed by atoms with Crippen molar-refractivity contribution in [3.63, 3.8) is 0 Å². The average molecular weight is 393 g/mol. The molecule has 0 aliphatic carbocycles. The molecule has 0 aromatic heterocycles. The molecule has 0 fully saturated rings. The minimum Gasteiger partial charge on any atom is -0.483 e. The lowest BCUT2D eigenvalue weighted by molar-refractivity contribution is -0.127. The molecule has 1 heterocycles. The molecule has 0 spiro atoms. The van der Waals surface area contributed by atoms with Crippen LogP contribution in [0.4, 0.5) is 10.1 Å². The highest BCUT2D eigenvalue weighted by Gasteiger charge is 2.29. The fourth-order valence-corrected chi connectivity index (χ4v) is 2.76. The van der Waals surface area contributed by atoms with Crippen molar-refractivity contribution in [2.75, 3.05) is 11.9 Å². The average Bonchev–Trinajstić information content (AvgIpc) is 2.71. The summed E-state index contributed by atoms with van der Waals surface area (Å²) in [4.78, 5) is 24.5. The Morgan fingerprint density at radius 1 is 1.38 bits per heavy atom. The molecule has 3 rings (SSSR count). The number of hydrogen-bond acceptors (Lipinski definition) is 3. The predicted molar refractivity (Wildman–Crippen MR) is 90.3 cm³/mol. The predicted octanol–water partition coefficient (Wildman–Crippen LogP) is 3.09. The van der Waals surface area contributed by atoms with Crippen LogP contribution in [0.3, 0.4) is 0 Å². The number of carbonyl (C=O) groups excluding carboxylic acids is 2. The van der Waals surface area contributed by atoms with Crippen molar-refractivity contribution in [2.24, 2.45) is 0 Å². The van der Waals surface area contributed by atoms with Crippen molar-refractivity contribution >= 4 is 33.4 Å². The number of aryl methyl sites for hydroxylation is 1. The number of hydrogen-bond donors (Lipinski definition) is 2. The highest BCUT2D eigenvalue weighted by molar-refractivity contribution is 9.10. The van der Waals surface area contributed by atoms with Crippen LogP contribution in [-0.4, -0.2) is 18.4 Å². The first kappa shape index (κ1) is 16.4. The molecule has 2 aromatic rings. The smallest absolute Gasteiger partial charge is 0.258 e. The van der Waals surface area contributed by atoms with Gasteiger partial charge >= 0.3 is 0 Å². The van der Waals surface area contributed by atoms with Crippen molar-refractivity contribution in [2.45, 2.75) is 13.0 Å². The van der Waals surface area contributed by atoms with E-state index in [1.54, 1.807) is 18.2 Å². The van der Waals surface area contributed by atoms with Gasteiger partial charge in [0, 0.05) is 11.3 Å². The summed E-state index contributed by atoms with van der Waals surface area (Å²) in [5.74, 6) is -0.842. The lowest BCUT2D eigenvalue weighted by Crippen LogP contribution is -2.37. The summed E-state index contributed by atoms with van der Waals surface area (Å²) in [5.41, 5.74) is 1.70. The van der Waals surface area contributed by atoms with E-state index < -0.39 is 23.7 Å². The lowest BCUT2D eigenvalue weighted by Gasteiger charge is -2.18. The minimum absolute atomic E-state index is 0.158. The van der Waals surface area contributed by atoms with Gasteiger partial charge in [-0.2, -0.15) is 0 Å². The van der Waals surface area contributed by atoms with E-state index in [9.17, 15) is 14.0 Å². The molecule has 1 atom stereocenters. The zero-order chi connectivity index (χ0) is 17.3. The summed E-state index contributed by atoms with van der Waals surface area (Å²) >= 11 is 3.06. The highest BCUT2D eigenvalue weighted by atomic mass is 79.9. The Labute approximate surface area is 146 Å². The van der Waals surface area contributed by atoms with Crippen LogP contribution in [-0.2, 0) is 9.59 Å². The van der Waals surface area contributed by atoms with E-state index in [0.29, 0.717) is 21.5 Å². The number of fused-ring (bicyclic) bond motifs is 1. The SMILES string of the molecule is Cc1cccc2c1OCC(=O)NC2C(=O)Nc1ccc(Br)c(F)c1. The third-order valence-electron chi connectivity index (χ3n) is 3.66. The highest BCUT2D eigenvalue weighted by Crippen LogP contribution is 2.31.